The Hall–Kier alpha value is -0.220. The van der Waals surface area contributed by atoms with Crippen LogP contribution in [-0.2, 0) is 4.74 Å². The fourth-order valence-corrected chi connectivity index (χ4v) is 2.40. The summed E-state index contributed by atoms with van der Waals surface area (Å²) in [4.78, 5) is 11.8. The van der Waals surface area contributed by atoms with Crippen molar-refractivity contribution in [3.63, 3.8) is 0 Å². The maximum atomic E-state index is 11.8. The largest absolute Gasteiger partial charge is 0.378 e. The molecule has 0 amide bonds. The number of thioether (sulfide) groups is 1. The number of ether oxygens (including phenoxy) is 1. The molecule has 0 aliphatic carbocycles. The van der Waals surface area contributed by atoms with E-state index in [2.05, 4.69) is 0 Å². The molecule has 0 unspecified atom stereocenters. The van der Waals surface area contributed by atoms with Crippen molar-refractivity contribution in [2.24, 2.45) is 0 Å². The molecule has 0 saturated carbocycles. The van der Waals surface area contributed by atoms with E-state index in [1.54, 1.807) is 18.2 Å². The van der Waals surface area contributed by atoms with E-state index in [4.69, 9.17) is 27.9 Å². The lowest BCUT2D eigenvalue weighted by Crippen LogP contribution is -2.07. The first kappa shape index (κ1) is 14.8. The van der Waals surface area contributed by atoms with E-state index in [1.807, 2.05) is 13.8 Å². The van der Waals surface area contributed by atoms with Crippen LogP contribution in [0.5, 0.6) is 0 Å². The molecule has 1 aromatic carbocycles. The quantitative estimate of drug-likeness (QED) is 0.757. The van der Waals surface area contributed by atoms with Gasteiger partial charge < -0.3 is 4.74 Å². The topological polar surface area (TPSA) is 26.3 Å². The van der Waals surface area contributed by atoms with Crippen LogP contribution >= 0.6 is 35.0 Å². The normalized spacial score (nSPS) is 10.9. The van der Waals surface area contributed by atoms with Crippen LogP contribution in [0.2, 0.25) is 10.0 Å². The van der Waals surface area contributed by atoms with Crippen LogP contribution in [0.25, 0.3) is 0 Å². The van der Waals surface area contributed by atoms with Gasteiger partial charge in [-0.25, -0.2) is 0 Å². The second-order valence-corrected chi connectivity index (χ2v) is 5.59. The first-order chi connectivity index (χ1) is 8.00. The van der Waals surface area contributed by atoms with E-state index in [-0.39, 0.29) is 11.2 Å². The SMILES string of the molecule is CC(C)OCCSC(=O)c1ccc(Cl)cc1Cl. The summed E-state index contributed by atoms with van der Waals surface area (Å²) >= 11 is 12.9. The van der Waals surface area contributed by atoms with Crippen LogP contribution < -0.4 is 0 Å². The van der Waals surface area contributed by atoms with Crippen molar-refractivity contribution in [2.45, 2.75) is 20.0 Å². The Morgan fingerprint density at radius 1 is 1.41 bits per heavy atom. The molecule has 94 valence electrons. The lowest BCUT2D eigenvalue weighted by atomic mass is 10.2. The summed E-state index contributed by atoms with van der Waals surface area (Å²) in [5.41, 5.74) is 0.491. The molecule has 1 rings (SSSR count). The van der Waals surface area contributed by atoms with Gasteiger partial charge in [-0.1, -0.05) is 35.0 Å². The van der Waals surface area contributed by atoms with Gasteiger partial charge in [-0.3, -0.25) is 4.79 Å². The summed E-state index contributed by atoms with van der Waals surface area (Å²) in [5, 5.41) is 0.860. The minimum Gasteiger partial charge on any atom is -0.378 e. The molecule has 0 atom stereocenters. The van der Waals surface area contributed by atoms with Gasteiger partial charge >= 0.3 is 0 Å². The summed E-state index contributed by atoms with van der Waals surface area (Å²) in [6.07, 6.45) is 0.185. The third kappa shape index (κ3) is 5.30. The average Bonchev–Trinajstić information content (AvgIpc) is 2.23. The molecule has 0 aliphatic heterocycles. The highest BCUT2D eigenvalue weighted by atomic mass is 35.5. The summed E-state index contributed by atoms with van der Waals surface area (Å²) in [7, 11) is 0. The third-order valence-corrected chi connectivity index (χ3v) is 3.32. The lowest BCUT2D eigenvalue weighted by Gasteiger charge is -2.07. The number of rotatable bonds is 5. The van der Waals surface area contributed by atoms with Crippen molar-refractivity contribution in [1.82, 2.24) is 0 Å². The molecule has 0 saturated heterocycles. The molecular formula is C12H14Cl2O2S. The molecule has 0 radical (unpaired) electrons. The van der Waals surface area contributed by atoms with Crippen LogP contribution in [0.3, 0.4) is 0 Å². The van der Waals surface area contributed by atoms with E-state index in [9.17, 15) is 4.79 Å². The zero-order chi connectivity index (χ0) is 12.8. The minimum atomic E-state index is -0.0565. The van der Waals surface area contributed by atoms with Gasteiger partial charge in [-0.15, -0.1) is 0 Å². The Labute approximate surface area is 116 Å². The molecule has 0 heterocycles. The minimum absolute atomic E-state index is 0.0565. The highest BCUT2D eigenvalue weighted by Gasteiger charge is 2.11. The number of hydrogen-bond donors (Lipinski definition) is 0. The number of carbonyl (C=O) groups excluding carboxylic acids is 1. The van der Waals surface area contributed by atoms with Gasteiger partial charge in [-0.05, 0) is 32.0 Å². The van der Waals surface area contributed by atoms with Crippen LogP contribution in [0.1, 0.15) is 24.2 Å². The molecule has 5 heteroatoms. The van der Waals surface area contributed by atoms with Crippen LogP contribution in [-0.4, -0.2) is 23.6 Å². The van der Waals surface area contributed by atoms with Gasteiger partial charge in [0, 0.05) is 16.3 Å². The predicted octanol–water partition coefficient (Wildman–Crippen LogP) is 4.29. The Balaban J connectivity index is 2.47. The van der Waals surface area contributed by atoms with Crippen molar-refractivity contribution < 1.29 is 9.53 Å². The molecule has 0 aliphatic rings. The number of hydrogen-bond acceptors (Lipinski definition) is 3. The first-order valence-corrected chi connectivity index (χ1v) is 6.98. The molecule has 0 N–H and O–H groups in total. The van der Waals surface area contributed by atoms with Crippen molar-refractivity contribution >= 4 is 40.1 Å². The maximum absolute atomic E-state index is 11.8. The van der Waals surface area contributed by atoms with Crippen LogP contribution in [0.15, 0.2) is 18.2 Å². The number of benzene rings is 1. The van der Waals surface area contributed by atoms with E-state index < -0.39 is 0 Å². The van der Waals surface area contributed by atoms with Crippen molar-refractivity contribution in [3.05, 3.63) is 33.8 Å². The average molecular weight is 293 g/mol. The first-order valence-electron chi connectivity index (χ1n) is 5.24. The summed E-state index contributed by atoms with van der Waals surface area (Å²) in [6, 6.07) is 4.87. The Bertz CT molecular complexity index is 394. The maximum Gasteiger partial charge on any atom is 0.220 e. The van der Waals surface area contributed by atoms with Gasteiger partial charge in [-0.2, -0.15) is 0 Å². The third-order valence-electron chi connectivity index (χ3n) is 1.92. The van der Waals surface area contributed by atoms with E-state index in [0.717, 1.165) is 0 Å². The second kappa shape index (κ2) is 7.27. The van der Waals surface area contributed by atoms with Gasteiger partial charge in [0.1, 0.15) is 0 Å². The highest BCUT2D eigenvalue weighted by molar-refractivity contribution is 8.14. The zero-order valence-corrected chi connectivity index (χ0v) is 12.0. The second-order valence-electron chi connectivity index (χ2n) is 3.68. The molecule has 0 aromatic heterocycles. The summed E-state index contributed by atoms with van der Waals surface area (Å²) < 4.78 is 5.35. The molecule has 0 spiro atoms. The zero-order valence-electron chi connectivity index (χ0n) is 9.70. The van der Waals surface area contributed by atoms with Crippen molar-refractivity contribution in [2.75, 3.05) is 12.4 Å². The van der Waals surface area contributed by atoms with Crippen molar-refractivity contribution in [3.8, 4) is 0 Å². The molecule has 2 nitrogen and oxygen atoms in total. The lowest BCUT2D eigenvalue weighted by molar-refractivity contribution is 0.0915. The molecule has 0 fully saturated rings. The Morgan fingerprint density at radius 3 is 2.71 bits per heavy atom. The number of halogens is 2. The fraction of sp³-hybridized carbons (Fsp3) is 0.417. The molecule has 17 heavy (non-hydrogen) atoms. The van der Waals surface area contributed by atoms with E-state index >= 15 is 0 Å². The monoisotopic (exact) mass is 292 g/mol. The van der Waals surface area contributed by atoms with E-state index in [0.29, 0.717) is 28.0 Å². The van der Waals surface area contributed by atoms with Crippen molar-refractivity contribution in [1.29, 1.82) is 0 Å². The fourth-order valence-electron chi connectivity index (χ4n) is 1.15. The Kier molecular flexibility index (Phi) is 6.34. The molecule has 1 aromatic rings. The van der Waals surface area contributed by atoms with Gasteiger partial charge in [0.2, 0.25) is 5.12 Å². The van der Waals surface area contributed by atoms with Gasteiger partial charge in [0.05, 0.1) is 17.7 Å². The van der Waals surface area contributed by atoms with Crippen LogP contribution in [0, 0.1) is 0 Å². The van der Waals surface area contributed by atoms with Gasteiger partial charge in [0.25, 0.3) is 0 Å². The summed E-state index contributed by atoms with van der Waals surface area (Å²) in [6.45, 7) is 4.48. The Morgan fingerprint density at radius 2 is 2.12 bits per heavy atom. The van der Waals surface area contributed by atoms with E-state index in [1.165, 1.54) is 11.8 Å². The van der Waals surface area contributed by atoms with Crippen LogP contribution in [0.4, 0.5) is 0 Å². The smallest absolute Gasteiger partial charge is 0.220 e. The summed E-state index contributed by atoms with van der Waals surface area (Å²) in [5.74, 6) is 0.621. The highest BCUT2D eigenvalue weighted by Crippen LogP contribution is 2.24. The molecule has 0 bridgehead atoms. The predicted molar refractivity (Wildman–Crippen MR) is 74.3 cm³/mol. The number of carbonyl (C=O) groups is 1. The standard InChI is InChI=1S/C12H14Cl2O2S/c1-8(2)16-5-6-17-12(15)10-4-3-9(13)7-11(10)14/h3-4,7-8H,5-6H2,1-2H3. The van der Waals surface area contributed by atoms with Gasteiger partial charge in [0.15, 0.2) is 0 Å². The molecular weight excluding hydrogens is 279 g/mol.